The van der Waals surface area contributed by atoms with E-state index in [1.165, 1.54) is 37.8 Å². The molecule has 0 radical (unpaired) electrons. The van der Waals surface area contributed by atoms with Crippen LogP contribution < -0.4 is 5.73 Å². The van der Waals surface area contributed by atoms with E-state index in [4.69, 9.17) is 5.73 Å². The first-order valence-corrected chi connectivity index (χ1v) is 7.23. The van der Waals surface area contributed by atoms with Gasteiger partial charge in [0.05, 0.1) is 0 Å². The fourth-order valence-corrected chi connectivity index (χ4v) is 3.46. The SMILES string of the molecule is NCC1CC(=O)c2cc(C3CCCCC3)[nH]c2C1. The molecule has 0 aromatic carbocycles. The number of H-pyrrole nitrogens is 1. The number of aromatic nitrogens is 1. The van der Waals surface area contributed by atoms with Gasteiger partial charge in [0.2, 0.25) is 0 Å². The zero-order valence-corrected chi connectivity index (χ0v) is 10.9. The smallest absolute Gasteiger partial charge is 0.165 e. The van der Waals surface area contributed by atoms with Crippen LogP contribution in [-0.4, -0.2) is 17.3 Å². The topological polar surface area (TPSA) is 58.9 Å². The molecular weight excluding hydrogens is 224 g/mol. The zero-order valence-electron chi connectivity index (χ0n) is 10.9. The van der Waals surface area contributed by atoms with E-state index in [0.717, 1.165) is 17.7 Å². The largest absolute Gasteiger partial charge is 0.361 e. The molecular formula is C15H22N2O. The lowest BCUT2D eigenvalue weighted by atomic mass is 9.85. The Labute approximate surface area is 108 Å². The van der Waals surface area contributed by atoms with Gasteiger partial charge < -0.3 is 10.7 Å². The third-order valence-electron chi connectivity index (χ3n) is 4.57. The van der Waals surface area contributed by atoms with Gasteiger partial charge >= 0.3 is 0 Å². The van der Waals surface area contributed by atoms with Crippen molar-refractivity contribution in [1.29, 1.82) is 0 Å². The van der Waals surface area contributed by atoms with Crippen molar-refractivity contribution in [2.24, 2.45) is 11.7 Å². The number of hydrogen-bond acceptors (Lipinski definition) is 2. The van der Waals surface area contributed by atoms with E-state index in [1.54, 1.807) is 0 Å². The van der Waals surface area contributed by atoms with Crippen molar-refractivity contribution in [1.82, 2.24) is 4.98 Å². The summed E-state index contributed by atoms with van der Waals surface area (Å²) in [4.78, 5) is 15.6. The molecule has 3 N–H and O–H groups in total. The number of carbonyl (C=O) groups excluding carboxylic acids is 1. The summed E-state index contributed by atoms with van der Waals surface area (Å²) in [5.41, 5.74) is 9.09. The van der Waals surface area contributed by atoms with Crippen molar-refractivity contribution in [3.63, 3.8) is 0 Å². The molecule has 1 saturated carbocycles. The van der Waals surface area contributed by atoms with Gasteiger partial charge in [-0.3, -0.25) is 4.79 Å². The van der Waals surface area contributed by atoms with Crippen LogP contribution in [0.5, 0.6) is 0 Å². The molecule has 1 heterocycles. The molecule has 0 bridgehead atoms. The Morgan fingerprint density at radius 1 is 1.22 bits per heavy atom. The molecule has 0 spiro atoms. The third-order valence-corrected chi connectivity index (χ3v) is 4.57. The van der Waals surface area contributed by atoms with Crippen molar-refractivity contribution >= 4 is 5.78 Å². The van der Waals surface area contributed by atoms with Crippen molar-refractivity contribution < 1.29 is 4.79 Å². The minimum atomic E-state index is 0.282. The lowest BCUT2D eigenvalue weighted by molar-refractivity contribution is 0.0950. The highest BCUT2D eigenvalue weighted by molar-refractivity contribution is 5.98. The van der Waals surface area contributed by atoms with Crippen molar-refractivity contribution in [2.45, 2.75) is 50.9 Å². The lowest BCUT2D eigenvalue weighted by Gasteiger charge is -2.20. The first-order valence-electron chi connectivity index (χ1n) is 7.23. The second-order valence-electron chi connectivity index (χ2n) is 5.88. The molecule has 3 heteroatoms. The maximum atomic E-state index is 12.1. The van der Waals surface area contributed by atoms with Gasteiger partial charge in [-0.15, -0.1) is 0 Å². The fourth-order valence-electron chi connectivity index (χ4n) is 3.46. The van der Waals surface area contributed by atoms with Gasteiger partial charge in [-0.05, 0) is 43.7 Å². The van der Waals surface area contributed by atoms with E-state index in [-0.39, 0.29) is 5.78 Å². The van der Waals surface area contributed by atoms with Crippen LogP contribution in [0.4, 0.5) is 0 Å². The summed E-state index contributed by atoms with van der Waals surface area (Å²) < 4.78 is 0. The van der Waals surface area contributed by atoms with Gasteiger partial charge in [0.25, 0.3) is 0 Å². The van der Waals surface area contributed by atoms with Crippen LogP contribution in [0.25, 0.3) is 0 Å². The quantitative estimate of drug-likeness (QED) is 0.843. The number of Topliss-reactive ketones (excluding diaryl/α,β-unsaturated/α-hetero) is 1. The van der Waals surface area contributed by atoms with E-state index in [2.05, 4.69) is 11.1 Å². The summed E-state index contributed by atoms with van der Waals surface area (Å²) >= 11 is 0. The summed E-state index contributed by atoms with van der Waals surface area (Å²) in [6, 6.07) is 2.13. The van der Waals surface area contributed by atoms with Crippen LogP contribution in [0.2, 0.25) is 0 Å². The minimum Gasteiger partial charge on any atom is -0.361 e. The van der Waals surface area contributed by atoms with Crippen molar-refractivity contribution in [3.05, 3.63) is 23.0 Å². The van der Waals surface area contributed by atoms with Crippen molar-refractivity contribution in [2.75, 3.05) is 6.54 Å². The standard InChI is InChI=1S/C15H22N2O/c16-9-10-6-14-12(15(18)7-10)8-13(17-14)11-4-2-1-3-5-11/h8,10-11,17H,1-7,9,16H2. The molecule has 1 fully saturated rings. The molecule has 1 atom stereocenters. The number of hydrogen-bond donors (Lipinski definition) is 2. The average Bonchev–Trinajstić information content (AvgIpc) is 2.84. The summed E-state index contributed by atoms with van der Waals surface area (Å²) in [5, 5.41) is 0. The van der Waals surface area contributed by atoms with Gasteiger partial charge in [0.15, 0.2) is 5.78 Å². The summed E-state index contributed by atoms with van der Waals surface area (Å²) in [7, 11) is 0. The summed E-state index contributed by atoms with van der Waals surface area (Å²) in [6.07, 6.45) is 8.14. The molecule has 18 heavy (non-hydrogen) atoms. The van der Waals surface area contributed by atoms with E-state index >= 15 is 0 Å². The summed E-state index contributed by atoms with van der Waals surface area (Å²) in [6.45, 7) is 0.614. The van der Waals surface area contributed by atoms with E-state index in [1.807, 2.05) is 0 Å². The lowest BCUT2D eigenvalue weighted by Crippen LogP contribution is -2.25. The van der Waals surface area contributed by atoms with Gasteiger partial charge in [-0.25, -0.2) is 0 Å². The molecule has 0 amide bonds. The fraction of sp³-hybridized carbons (Fsp3) is 0.667. The molecule has 0 aliphatic heterocycles. The van der Waals surface area contributed by atoms with Gasteiger partial charge in [0, 0.05) is 23.4 Å². The van der Waals surface area contributed by atoms with Crippen LogP contribution in [0.15, 0.2) is 6.07 Å². The Kier molecular flexibility index (Phi) is 3.25. The molecule has 98 valence electrons. The number of ketones is 1. The molecule has 2 aliphatic rings. The molecule has 1 aromatic rings. The maximum absolute atomic E-state index is 12.1. The molecule has 2 aliphatic carbocycles. The normalized spacial score (nSPS) is 25.2. The highest BCUT2D eigenvalue weighted by Gasteiger charge is 2.28. The first kappa shape index (κ1) is 12.0. The van der Waals surface area contributed by atoms with Crippen LogP contribution in [0.1, 0.15) is 66.2 Å². The maximum Gasteiger partial charge on any atom is 0.165 e. The molecule has 3 nitrogen and oxygen atoms in total. The molecule has 1 aromatic heterocycles. The van der Waals surface area contributed by atoms with Crippen LogP contribution in [0, 0.1) is 5.92 Å². The Morgan fingerprint density at radius 2 is 2.00 bits per heavy atom. The Morgan fingerprint density at radius 3 is 2.72 bits per heavy atom. The molecule has 3 rings (SSSR count). The number of fused-ring (bicyclic) bond motifs is 1. The number of nitrogens with two attached hydrogens (primary N) is 1. The van der Waals surface area contributed by atoms with Gasteiger partial charge in [-0.2, -0.15) is 0 Å². The van der Waals surface area contributed by atoms with E-state index in [0.29, 0.717) is 24.8 Å². The van der Waals surface area contributed by atoms with Gasteiger partial charge in [0.1, 0.15) is 0 Å². The number of aromatic amines is 1. The van der Waals surface area contributed by atoms with Gasteiger partial charge in [-0.1, -0.05) is 19.3 Å². The second kappa shape index (κ2) is 4.88. The Balaban J connectivity index is 1.85. The van der Waals surface area contributed by atoms with E-state index in [9.17, 15) is 4.79 Å². The number of carbonyl (C=O) groups is 1. The highest BCUT2D eigenvalue weighted by atomic mass is 16.1. The monoisotopic (exact) mass is 246 g/mol. The Hall–Kier alpha value is -1.09. The minimum absolute atomic E-state index is 0.282. The second-order valence-corrected chi connectivity index (χ2v) is 5.88. The van der Waals surface area contributed by atoms with Crippen LogP contribution >= 0.6 is 0 Å². The highest BCUT2D eigenvalue weighted by Crippen LogP contribution is 2.35. The third kappa shape index (κ3) is 2.12. The van der Waals surface area contributed by atoms with Crippen LogP contribution in [0.3, 0.4) is 0 Å². The predicted molar refractivity (Wildman–Crippen MR) is 71.8 cm³/mol. The zero-order chi connectivity index (χ0) is 12.5. The molecule has 1 unspecified atom stereocenters. The predicted octanol–water partition coefficient (Wildman–Crippen LogP) is 2.77. The van der Waals surface area contributed by atoms with E-state index < -0.39 is 0 Å². The first-order chi connectivity index (χ1) is 8.78. The number of rotatable bonds is 2. The Bertz CT molecular complexity index is 443. The molecule has 0 saturated heterocycles. The average molecular weight is 246 g/mol. The number of nitrogens with one attached hydrogen (secondary N) is 1. The van der Waals surface area contributed by atoms with Crippen molar-refractivity contribution in [3.8, 4) is 0 Å². The van der Waals surface area contributed by atoms with Crippen LogP contribution in [-0.2, 0) is 6.42 Å². The summed E-state index contributed by atoms with van der Waals surface area (Å²) in [5.74, 6) is 1.27.